The van der Waals surface area contributed by atoms with E-state index in [1.807, 2.05) is 13.2 Å². The Morgan fingerprint density at radius 2 is 2.04 bits per heavy atom. The van der Waals surface area contributed by atoms with E-state index in [2.05, 4.69) is 45.5 Å². The van der Waals surface area contributed by atoms with E-state index in [4.69, 9.17) is 0 Å². The predicted octanol–water partition coefficient (Wildman–Crippen LogP) is 3.74. The summed E-state index contributed by atoms with van der Waals surface area (Å²) in [6.45, 7) is 4.61. The highest BCUT2D eigenvalue weighted by molar-refractivity contribution is 7.98. The average molecular weight is 377 g/mol. The van der Waals surface area contributed by atoms with Gasteiger partial charge in [-0.1, -0.05) is 12.1 Å². The van der Waals surface area contributed by atoms with Crippen LogP contribution in [0.1, 0.15) is 24.5 Å². The van der Waals surface area contributed by atoms with Crippen molar-refractivity contribution in [3.8, 4) is 0 Å². The molecule has 0 bridgehead atoms. The molecule has 0 heterocycles. The minimum Gasteiger partial charge on any atom is -0.372 e. The van der Waals surface area contributed by atoms with Crippen LogP contribution in [-0.4, -0.2) is 44.7 Å². The second kappa shape index (κ2) is 11.3. The van der Waals surface area contributed by atoms with Crippen LogP contribution in [0.3, 0.4) is 0 Å². The molecule has 0 aliphatic carbocycles. The van der Waals surface area contributed by atoms with Crippen molar-refractivity contribution in [2.45, 2.75) is 37.9 Å². The molecule has 0 spiro atoms. The van der Waals surface area contributed by atoms with Gasteiger partial charge >= 0.3 is 6.18 Å². The molecule has 0 saturated carbocycles. The maximum atomic E-state index is 12.0. The maximum absolute atomic E-state index is 12.0. The molecular weight excluding hydrogens is 351 g/mol. The van der Waals surface area contributed by atoms with E-state index in [0.717, 1.165) is 5.56 Å². The van der Waals surface area contributed by atoms with E-state index in [0.29, 0.717) is 32.0 Å². The van der Waals surface area contributed by atoms with Gasteiger partial charge in [0.2, 0.25) is 0 Å². The van der Waals surface area contributed by atoms with E-state index in [-0.39, 0.29) is 6.61 Å². The number of rotatable bonds is 9. The van der Waals surface area contributed by atoms with E-state index in [1.54, 1.807) is 11.8 Å². The molecule has 0 radical (unpaired) electrons. The van der Waals surface area contributed by atoms with Crippen LogP contribution < -0.4 is 10.6 Å². The Morgan fingerprint density at radius 1 is 1.28 bits per heavy atom. The summed E-state index contributed by atoms with van der Waals surface area (Å²) >= 11 is 1.68. The molecule has 0 saturated heterocycles. The van der Waals surface area contributed by atoms with Gasteiger partial charge in [0.1, 0.15) is 6.61 Å². The molecular formula is C17H26F3N3OS. The van der Waals surface area contributed by atoms with Crippen molar-refractivity contribution in [2.75, 3.05) is 32.6 Å². The molecule has 0 fully saturated rings. The monoisotopic (exact) mass is 377 g/mol. The lowest BCUT2D eigenvalue weighted by atomic mass is 10.1. The minimum absolute atomic E-state index is 0.0561. The standard InChI is InChI=1S/C17H26F3N3OS/c1-4-21-16(22-8-5-9-24-12-17(18,19)20)23-11-14-7-6-13(2)10-15(14)25-3/h6-7,10H,4-5,8-9,11-12H2,1-3H3,(H2,21,22,23). The molecule has 25 heavy (non-hydrogen) atoms. The van der Waals surface area contributed by atoms with Crippen molar-refractivity contribution in [1.82, 2.24) is 10.6 Å². The Labute approximate surface area is 151 Å². The quantitative estimate of drug-likeness (QED) is 0.298. The normalized spacial score (nSPS) is 12.3. The van der Waals surface area contributed by atoms with Crippen LogP contribution in [0, 0.1) is 6.92 Å². The van der Waals surface area contributed by atoms with Crippen LogP contribution in [0.15, 0.2) is 28.1 Å². The zero-order chi connectivity index (χ0) is 18.7. The van der Waals surface area contributed by atoms with Crippen LogP contribution in [0.25, 0.3) is 0 Å². The number of hydrogen-bond donors (Lipinski definition) is 2. The van der Waals surface area contributed by atoms with E-state index in [1.165, 1.54) is 10.5 Å². The Bertz CT molecular complexity index is 550. The summed E-state index contributed by atoms with van der Waals surface area (Å²) < 4.78 is 40.5. The molecule has 8 heteroatoms. The van der Waals surface area contributed by atoms with E-state index in [9.17, 15) is 13.2 Å². The Kier molecular flexibility index (Phi) is 9.74. The second-order valence-electron chi connectivity index (χ2n) is 5.46. The van der Waals surface area contributed by atoms with Crippen LogP contribution in [0.5, 0.6) is 0 Å². The van der Waals surface area contributed by atoms with Gasteiger partial charge in [-0.15, -0.1) is 11.8 Å². The van der Waals surface area contributed by atoms with Crippen LogP contribution in [-0.2, 0) is 11.3 Å². The van der Waals surface area contributed by atoms with Crippen molar-refractivity contribution >= 4 is 17.7 Å². The number of aryl methyl sites for hydroxylation is 1. The molecule has 0 atom stereocenters. The van der Waals surface area contributed by atoms with Crippen LogP contribution in [0.2, 0.25) is 0 Å². The summed E-state index contributed by atoms with van der Waals surface area (Å²) in [5.74, 6) is 0.644. The number of aliphatic imine (C=N–C) groups is 1. The summed E-state index contributed by atoms with van der Waals surface area (Å²) in [6, 6.07) is 6.26. The smallest absolute Gasteiger partial charge is 0.372 e. The first kappa shape index (κ1) is 21.6. The third-order valence-electron chi connectivity index (χ3n) is 3.22. The topological polar surface area (TPSA) is 45.7 Å². The Morgan fingerprint density at radius 3 is 2.68 bits per heavy atom. The summed E-state index contributed by atoms with van der Waals surface area (Å²) in [4.78, 5) is 5.73. The number of hydrogen-bond acceptors (Lipinski definition) is 3. The van der Waals surface area contributed by atoms with E-state index >= 15 is 0 Å². The second-order valence-corrected chi connectivity index (χ2v) is 6.31. The predicted molar refractivity (Wildman–Crippen MR) is 97.3 cm³/mol. The fourth-order valence-corrected chi connectivity index (χ4v) is 2.76. The van der Waals surface area contributed by atoms with Gasteiger partial charge in [-0.05, 0) is 43.7 Å². The van der Waals surface area contributed by atoms with Crippen molar-refractivity contribution in [1.29, 1.82) is 0 Å². The molecule has 4 nitrogen and oxygen atoms in total. The maximum Gasteiger partial charge on any atom is 0.411 e. The first-order valence-corrected chi connectivity index (χ1v) is 9.38. The first-order valence-electron chi connectivity index (χ1n) is 8.16. The lowest BCUT2D eigenvalue weighted by Crippen LogP contribution is -2.38. The number of thioether (sulfide) groups is 1. The van der Waals surface area contributed by atoms with Gasteiger partial charge in [-0.25, -0.2) is 4.99 Å². The van der Waals surface area contributed by atoms with Crippen molar-refractivity contribution in [2.24, 2.45) is 4.99 Å². The molecule has 0 aliphatic rings. The molecule has 2 N–H and O–H groups in total. The first-order chi connectivity index (χ1) is 11.9. The summed E-state index contributed by atoms with van der Waals surface area (Å²) in [5, 5.41) is 6.24. The number of guanidine groups is 1. The third-order valence-corrected chi connectivity index (χ3v) is 4.04. The van der Waals surface area contributed by atoms with Crippen molar-refractivity contribution < 1.29 is 17.9 Å². The molecule has 0 aromatic heterocycles. The van der Waals surface area contributed by atoms with Gasteiger partial charge < -0.3 is 15.4 Å². The van der Waals surface area contributed by atoms with Gasteiger partial charge in [0, 0.05) is 24.6 Å². The average Bonchev–Trinajstić information content (AvgIpc) is 2.55. The number of ether oxygens (including phenoxy) is 1. The highest BCUT2D eigenvalue weighted by Gasteiger charge is 2.27. The molecule has 1 aromatic carbocycles. The van der Waals surface area contributed by atoms with Gasteiger partial charge in [-0.3, -0.25) is 0 Å². The van der Waals surface area contributed by atoms with Crippen molar-refractivity contribution in [3.63, 3.8) is 0 Å². The van der Waals surface area contributed by atoms with Crippen LogP contribution in [0.4, 0.5) is 13.2 Å². The fourth-order valence-electron chi connectivity index (χ4n) is 2.06. The highest BCUT2D eigenvalue weighted by atomic mass is 32.2. The zero-order valence-electron chi connectivity index (χ0n) is 14.9. The fraction of sp³-hybridized carbons (Fsp3) is 0.588. The number of nitrogens with one attached hydrogen (secondary N) is 2. The number of nitrogens with zero attached hydrogens (tertiary/aromatic N) is 1. The summed E-state index contributed by atoms with van der Waals surface area (Å²) in [7, 11) is 0. The number of halogens is 3. The minimum atomic E-state index is -4.27. The summed E-state index contributed by atoms with van der Waals surface area (Å²) in [5.41, 5.74) is 2.35. The molecule has 142 valence electrons. The van der Waals surface area contributed by atoms with Gasteiger partial charge in [0.25, 0.3) is 0 Å². The largest absolute Gasteiger partial charge is 0.411 e. The summed E-state index contributed by atoms with van der Waals surface area (Å²) in [6.07, 6.45) is -1.76. The zero-order valence-corrected chi connectivity index (χ0v) is 15.7. The number of benzene rings is 1. The van der Waals surface area contributed by atoms with Gasteiger partial charge in [-0.2, -0.15) is 13.2 Å². The van der Waals surface area contributed by atoms with Gasteiger partial charge in [0.05, 0.1) is 6.54 Å². The Hall–Kier alpha value is -1.41. The lowest BCUT2D eigenvalue weighted by molar-refractivity contribution is -0.173. The van der Waals surface area contributed by atoms with Crippen molar-refractivity contribution in [3.05, 3.63) is 29.3 Å². The number of alkyl halides is 3. The molecule has 0 aliphatic heterocycles. The highest BCUT2D eigenvalue weighted by Crippen LogP contribution is 2.22. The Balaban J connectivity index is 2.46. The van der Waals surface area contributed by atoms with Crippen LogP contribution >= 0.6 is 11.8 Å². The SMILES string of the molecule is CCNC(=NCc1ccc(C)cc1SC)NCCCOCC(F)(F)F. The molecule has 1 aromatic rings. The lowest BCUT2D eigenvalue weighted by Gasteiger charge is -2.13. The van der Waals surface area contributed by atoms with E-state index < -0.39 is 12.8 Å². The van der Waals surface area contributed by atoms with Gasteiger partial charge in [0.15, 0.2) is 5.96 Å². The molecule has 1 rings (SSSR count). The molecule has 0 amide bonds. The third kappa shape index (κ3) is 9.60. The molecule has 0 unspecified atom stereocenters.